The number of aryl methyl sites for hydroxylation is 1. The molecule has 0 bridgehead atoms. The van der Waals surface area contributed by atoms with E-state index in [4.69, 9.17) is 5.11 Å². The Labute approximate surface area is 92.5 Å². The van der Waals surface area contributed by atoms with Gasteiger partial charge in [0.1, 0.15) is 5.82 Å². The molecule has 6 heteroatoms. The first kappa shape index (κ1) is 10.8. The first-order valence-corrected chi connectivity index (χ1v) is 5.06. The van der Waals surface area contributed by atoms with Crippen LogP contribution < -0.4 is 5.32 Å². The van der Waals surface area contributed by atoms with E-state index >= 15 is 0 Å². The summed E-state index contributed by atoms with van der Waals surface area (Å²) in [4.78, 5) is 14.4. The van der Waals surface area contributed by atoms with Crippen molar-refractivity contribution in [2.45, 2.75) is 25.3 Å². The molecule has 1 aromatic rings. The largest absolute Gasteiger partial charge is 0.394 e. The molecule has 1 saturated carbocycles. The van der Waals surface area contributed by atoms with Crippen LogP contribution in [-0.4, -0.2) is 27.2 Å². The Hall–Kier alpha value is -1.69. The van der Waals surface area contributed by atoms with Crippen molar-refractivity contribution in [1.29, 1.82) is 0 Å². The maximum atomic E-state index is 10.7. The molecule has 0 amide bonds. The van der Waals surface area contributed by atoms with Crippen LogP contribution in [0.2, 0.25) is 0 Å². The lowest BCUT2D eigenvalue weighted by molar-refractivity contribution is -0.385. The van der Waals surface area contributed by atoms with Gasteiger partial charge >= 0.3 is 0 Å². The molecule has 2 N–H and O–H groups in total. The average Bonchev–Trinajstić information content (AvgIpc) is 3.01. The third-order valence-corrected chi connectivity index (χ3v) is 2.82. The molecule has 1 aliphatic carbocycles. The minimum Gasteiger partial charge on any atom is -0.394 e. The standard InChI is InChI=1S/C10H13N3O3/c1-7-5-11-9(4-8(7)13(15)16)12-10(6-14)2-3-10/h4-5,14H,2-3,6H2,1H3,(H,11,12). The summed E-state index contributed by atoms with van der Waals surface area (Å²) in [6, 6.07) is 1.41. The van der Waals surface area contributed by atoms with E-state index in [1.165, 1.54) is 12.3 Å². The number of aromatic nitrogens is 1. The van der Waals surface area contributed by atoms with Crippen molar-refractivity contribution in [2.75, 3.05) is 11.9 Å². The molecule has 0 spiro atoms. The third kappa shape index (κ3) is 1.96. The average molecular weight is 223 g/mol. The van der Waals surface area contributed by atoms with Gasteiger partial charge in [-0.25, -0.2) is 4.98 Å². The number of nitrogens with zero attached hydrogens (tertiary/aromatic N) is 2. The number of hydrogen-bond donors (Lipinski definition) is 2. The lowest BCUT2D eigenvalue weighted by atomic mass is 10.2. The zero-order valence-electron chi connectivity index (χ0n) is 8.93. The van der Waals surface area contributed by atoms with E-state index < -0.39 is 4.92 Å². The van der Waals surface area contributed by atoms with Crippen LogP contribution in [-0.2, 0) is 0 Å². The fraction of sp³-hybridized carbons (Fsp3) is 0.500. The third-order valence-electron chi connectivity index (χ3n) is 2.82. The summed E-state index contributed by atoms with van der Waals surface area (Å²) in [5.74, 6) is 0.448. The van der Waals surface area contributed by atoms with E-state index in [0.717, 1.165) is 12.8 Å². The molecule has 0 unspecified atom stereocenters. The molecule has 0 aliphatic heterocycles. The smallest absolute Gasteiger partial charge is 0.277 e. The number of nitrogens with one attached hydrogen (secondary N) is 1. The first-order valence-electron chi connectivity index (χ1n) is 5.06. The van der Waals surface area contributed by atoms with Gasteiger partial charge < -0.3 is 10.4 Å². The van der Waals surface area contributed by atoms with Crippen LogP contribution >= 0.6 is 0 Å². The number of anilines is 1. The van der Waals surface area contributed by atoms with E-state index in [-0.39, 0.29) is 17.8 Å². The van der Waals surface area contributed by atoms with Crippen molar-refractivity contribution in [1.82, 2.24) is 4.98 Å². The molecular formula is C10H13N3O3. The molecule has 1 heterocycles. The van der Waals surface area contributed by atoms with E-state index in [9.17, 15) is 10.1 Å². The Bertz CT molecular complexity index is 429. The normalized spacial score (nSPS) is 16.9. The van der Waals surface area contributed by atoms with Gasteiger partial charge in [-0.15, -0.1) is 0 Å². The zero-order chi connectivity index (χ0) is 11.8. The molecular weight excluding hydrogens is 210 g/mol. The minimum absolute atomic E-state index is 0.0242. The Morgan fingerprint density at radius 2 is 2.38 bits per heavy atom. The van der Waals surface area contributed by atoms with E-state index in [2.05, 4.69) is 10.3 Å². The summed E-state index contributed by atoms with van der Waals surface area (Å²) in [6.07, 6.45) is 3.20. The summed E-state index contributed by atoms with van der Waals surface area (Å²) in [6.45, 7) is 1.67. The number of rotatable bonds is 4. The van der Waals surface area contributed by atoms with Gasteiger partial charge in [-0.05, 0) is 19.8 Å². The second kappa shape index (κ2) is 3.71. The summed E-state index contributed by atoms with van der Waals surface area (Å²) < 4.78 is 0. The fourth-order valence-corrected chi connectivity index (χ4v) is 1.52. The summed E-state index contributed by atoms with van der Waals surface area (Å²) in [5, 5.41) is 22.9. The molecule has 16 heavy (non-hydrogen) atoms. The molecule has 1 fully saturated rings. The highest BCUT2D eigenvalue weighted by Gasteiger charge is 2.42. The predicted molar refractivity (Wildman–Crippen MR) is 58.3 cm³/mol. The van der Waals surface area contributed by atoms with E-state index in [1.807, 2.05) is 0 Å². The number of nitro groups is 1. The van der Waals surface area contributed by atoms with Crippen LogP contribution in [0.1, 0.15) is 18.4 Å². The van der Waals surface area contributed by atoms with Crippen molar-refractivity contribution in [3.05, 3.63) is 27.9 Å². The molecule has 0 atom stereocenters. The van der Waals surface area contributed by atoms with Gasteiger partial charge in [0.25, 0.3) is 5.69 Å². The lowest BCUT2D eigenvalue weighted by Crippen LogP contribution is -2.26. The van der Waals surface area contributed by atoms with Crippen molar-refractivity contribution < 1.29 is 10.0 Å². The van der Waals surface area contributed by atoms with Crippen LogP contribution in [0.4, 0.5) is 11.5 Å². The first-order chi connectivity index (χ1) is 7.56. The van der Waals surface area contributed by atoms with E-state index in [1.54, 1.807) is 6.92 Å². The van der Waals surface area contributed by atoms with Gasteiger partial charge in [0.15, 0.2) is 0 Å². The SMILES string of the molecule is Cc1cnc(NC2(CO)CC2)cc1[N+](=O)[O-]. The van der Waals surface area contributed by atoms with Gasteiger partial charge in [0.2, 0.25) is 0 Å². The van der Waals surface area contributed by atoms with E-state index in [0.29, 0.717) is 11.4 Å². The van der Waals surface area contributed by atoms with Crippen LogP contribution in [0.3, 0.4) is 0 Å². The molecule has 6 nitrogen and oxygen atoms in total. The van der Waals surface area contributed by atoms with Crippen molar-refractivity contribution in [3.63, 3.8) is 0 Å². The number of hydrogen-bond acceptors (Lipinski definition) is 5. The monoisotopic (exact) mass is 223 g/mol. The van der Waals surface area contributed by atoms with Crippen molar-refractivity contribution in [2.24, 2.45) is 0 Å². The Morgan fingerprint density at radius 1 is 1.69 bits per heavy atom. The lowest BCUT2D eigenvalue weighted by Gasteiger charge is -2.14. The predicted octanol–water partition coefficient (Wildman–Crippen LogP) is 1.24. The second-order valence-electron chi connectivity index (χ2n) is 4.18. The quantitative estimate of drug-likeness (QED) is 0.592. The molecule has 0 saturated heterocycles. The molecule has 2 rings (SSSR count). The summed E-state index contributed by atoms with van der Waals surface area (Å²) in [7, 11) is 0. The molecule has 1 aliphatic rings. The Morgan fingerprint density at radius 3 is 2.88 bits per heavy atom. The highest BCUT2D eigenvalue weighted by Crippen LogP contribution is 2.38. The molecule has 86 valence electrons. The maximum Gasteiger partial charge on any atom is 0.277 e. The Balaban J connectivity index is 2.23. The van der Waals surface area contributed by atoms with Crippen LogP contribution in [0.25, 0.3) is 0 Å². The van der Waals surface area contributed by atoms with Crippen LogP contribution in [0.15, 0.2) is 12.3 Å². The van der Waals surface area contributed by atoms with Crippen molar-refractivity contribution >= 4 is 11.5 Å². The highest BCUT2D eigenvalue weighted by atomic mass is 16.6. The highest BCUT2D eigenvalue weighted by molar-refractivity contribution is 5.51. The number of aliphatic hydroxyl groups is 1. The molecule has 0 radical (unpaired) electrons. The minimum atomic E-state index is -0.430. The van der Waals surface area contributed by atoms with Gasteiger partial charge in [0, 0.05) is 11.8 Å². The van der Waals surface area contributed by atoms with Gasteiger partial charge in [-0.3, -0.25) is 10.1 Å². The topological polar surface area (TPSA) is 88.3 Å². The van der Waals surface area contributed by atoms with Gasteiger partial charge in [0.05, 0.1) is 23.1 Å². The zero-order valence-corrected chi connectivity index (χ0v) is 8.93. The number of pyridine rings is 1. The second-order valence-corrected chi connectivity index (χ2v) is 4.18. The summed E-state index contributed by atoms with van der Waals surface area (Å²) >= 11 is 0. The van der Waals surface area contributed by atoms with Crippen LogP contribution in [0.5, 0.6) is 0 Å². The van der Waals surface area contributed by atoms with Gasteiger partial charge in [-0.2, -0.15) is 0 Å². The summed E-state index contributed by atoms with van der Waals surface area (Å²) in [5.41, 5.74) is 0.270. The maximum absolute atomic E-state index is 10.7. The van der Waals surface area contributed by atoms with Gasteiger partial charge in [-0.1, -0.05) is 0 Å². The van der Waals surface area contributed by atoms with Crippen LogP contribution in [0, 0.1) is 17.0 Å². The molecule has 0 aromatic carbocycles. The number of aliphatic hydroxyl groups excluding tert-OH is 1. The molecule has 1 aromatic heterocycles. The Kier molecular flexibility index (Phi) is 2.51. The van der Waals surface area contributed by atoms with Crippen molar-refractivity contribution in [3.8, 4) is 0 Å². The fourth-order valence-electron chi connectivity index (χ4n) is 1.52.